The van der Waals surface area contributed by atoms with Gasteiger partial charge in [-0.3, -0.25) is 10.3 Å². The zero-order valence-corrected chi connectivity index (χ0v) is 13.1. The minimum absolute atomic E-state index is 0.165. The van der Waals surface area contributed by atoms with Gasteiger partial charge in [0.1, 0.15) is 11.0 Å². The topological polar surface area (TPSA) is 89.0 Å². The Balaban J connectivity index is 1.66. The Hall–Kier alpha value is -2.71. The largest absolute Gasteiger partial charge is 0.419 e. The number of halogens is 1. The van der Waals surface area contributed by atoms with Gasteiger partial charge in [0.2, 0.25) is 0 Å². The molecule has 0 atom stereocenters. The number of hydrogen-bond acceptors (Lipinski definition) is 7. The maximum Gasteiger partial charge on any atom is 0.419 e. The van der Waals surface area contributed by atoms with E-state index in [0.29, 0.717) is 10.8 Å². The van der Waals surface area contributed by atoms with Gasteiger partial charge in [0.15, 0.2) is 5.00 Å². The number of pyridine rings is 2. The Bertz CT molecular complexity index is 812. The van der Waals surface area contributed by atoms with E-state index in [0.717, 1.165) is 5.69 Å². The Morgan fingerprint density at radius 2 is 2.17 bits per heavy atom. The summed E-state index contributed by atoms with van der Waals surface area (Å²) in [5, 5.41) is 6.43. The van der Waals surface area contributed by atoms with Crippen molar-refractivity contribution in [3.05, 3.63) is 53.4 Å². The van der Waals surface area contributed by atoms with Crippen LogP contribution in [0.4, 0.5) is 21.3 Å². The molecule has 0 radical (unpaired) electrons. The Morgan fingerprint density at radius 3 is 2.96 bits per heavy atom. The van der Waals surface area contributed by atoms with Gasteiger partial charge in [-0.25, -0.2) is 14.8 Å². The van der Waals surface area contributed by atoms with Crippen molar-refractivity contribution in [2.45, 2.75) is 0 Å². The molecular weight excluding hydrogens is 338 g/mol. The molecule has 0 fully saturated rings. The van der Waals surface area contributed by atoms with E-state index in [2.05, 4.69) is 25.6 Å². The Kier molecular flexibility index (Phi) is 4.65. The average molecular weight is 348 g/mol. The third-order valence-corrected chi connectivity index (χ3v) is 3.52. The molecule has 0 aliphatic carbocycles. The molecule has 9 heteroatoms. The fourth-order valence-electron chi connectivity index (χ4n) is 1.66. The fourth-order valence-corrected chi connectivity index (χ4v) is 2.44. The lowest BCUT2D eigenvalue weighted by Gasteiger charge is -2.07. The number of nitrogens with one attached hydrogen (secondary N) is 2. The third-order valence-electron chi connectivity index (χ3n) is 2.59. The van der Waals surface area contributed by atoms with Gasteiger partial charge >= 0.3 is 6.09 Å². The highest BCUT2D eigenvalue weighted by molar-refractivity contribution is 7.14. The molecule has 7 nitrogen and oxygen atoms in total. The maximum atomic E-state index is 11.9. The molecule has 0 aliphatic heterocycles. The lowest BCUT2D eigenvalue weighted by atomic mass is 10.4. The van der Waals surface area contributed by atoms with E-state index in [-0.39, 0.29) is 11.0 Å². The van der Waals surface area contributed by atoms with E-state index < -0.39 is 6.09 Å². The van der Waals surface area contributed by atoms with Crippen LogP contribution in [0.15, 0.2) is 48.2 Å². The number of rotatable bonds is 4. The van der Waals surface area contributed by atoms with Crippen molar-refractivity contribution in [1.29, 1.82) is 0 Å². The van der Waals surface area contributed by atoms with E-state index >= 15 is 0 Å². The lowest BCUT2D eigenvalue weighted by molar-refractivity contribution is 0.214. The molecule has 0 saturated carbocycles. The summed E-state index contributed by atoms with van der Waals surface area (Å²) in [5.74, 6) is 0.456. The van der Waals surface area contributed by atoms with E-state index in [1.807, 2.05) is 6.07 Å². The standard InChI is InChI=1S/C14H10ClN5O2S/c15-10-4-1-5-11(19-10)20-14(21)22-12-13(23-8-17-12)18-9-3-2-6-16-7-9/h1-8,18H,(H,19,20,21). The summed E-state index contributed by atoms with van der Waals surface area (Å²) < 4.78 is 5.18. The molecule has 2 N–H and O–H groups in total. The summed E-state index contributed by atoms with van der Waals surface area (Å²) in [5.41, 5.74) is 2.33. The van der Waals surface area contributed by atoms with Gasteiger partial charge in [0.05, 0.1) is 17.4 Å². The molecule has 23 heavy (non-hydrogen) atoms. The monoisotopic (exact) mass is 347 g/mol. The van der Waals surface area contributed by atoms with E-state index in [9.17, 15) is 4.79 Å². The number of aromatic nitrogens is 3. The summed E-state index contributed by atoms with van der Waals surface area (Å²) >= 11 is 7.06. The van der Waals surface area contributed by atoms with Gasteiger partial charge in [-0.05, 0) is 24.3 Å². The molecule has 0 spiro atoms. The fraction of sp³-hybridized carbons (Fsp3) is 0. The summed E-state index contributed by atoms with van der Waals surface area (Å²) in [4.78, 5) is 23.9. The molecule has 0 bridgehead atoms. The predicted octanol–water partition coefficient (Wildman–Crippen LogP) is 3.94. The van der Waals surface area contributed by atoms with Crippen LogP contribution in [0.3, 0.4) is 0 Å². The third kappa shape index (κ3) is 4.15. The SMILES string of the molecule is O=C(Nc1cccc(Cl)n1)Oc1ncsc1Nc1cccnc1. The average Bonchev–Trinajstić information content (AvgIpc) is 2.95. The second kappa shape index (κ2) is 7.03. The van der Waals surface area contributed by atoms with Gasteiger partial charge in [-0.1, -0.05) is 17.7 Å². The predicted molar refractivity (Wildman–Crippen MR) is 88.5 cm³/mol. The highest BCUT2D eigenvalue weighted by atomic mass is 35.5. The van der Waals surface area contributed by atoms with Crippen LogP contribution in [0.2, 0.25) is 5.15 Å². The molecule has 3 aromatic heterocycles. The summed E-state index contributed by atoms with van der Waals surface area (Å²) in [6.45, 7) is 0. The molecule has 1 amide bonds. The zero-order chi connectivity index (χ0) is 16.1. The normalized spacial score (nSPS) is 10.1. The molecule has 0 aromatic carbocycles. The van der Waals surface area contributed by atoms with Gasteiger partial charge in [-0.2, -0.15) is 0 Å². The van der Waals surface area contributed by atoms with Crippen LogP contribution in [-0.4, -0.2) is 21.0 Å². The first-order chi connectivity index (χ1) is 11.2. The number of nitrogens with zero attached hydrogens (tertiary/aromatic N) is 3. The highest BCUT2D eigenvalue weighted by Crippen LogP contribution is 2.30. The molecular formula is C14H10ClN5O2S. The lowest BCUT2D eigenvalue weighted by Crippen LogP contribution is -2.18. The van der Waals surface area contributed by atoms with E-state index in [1.54, 1.807) is 42.2 Å². The first kappa shape index (κ1) is 15.2. The molecule has 0 aliphatic rings. The van der Waals surface area contributed by atoms with E-state index in [4.69, 9.17) is 16.3 Å². The minimum Gasteiger partial charge on any atom is -0.388 e. The van der Waals surface area contributed by atoms with Crippen molar-refractivity contribution in [3.8, 4) is 5.88 Å². The molecule has 0 saturated heterocycles. The van der Waals surface area contributed by atoms with Gasteiger partial charge in [0.25, 0.3) is 5.88 Å². The number of ether oxygens (including phenoxy) is 1. The summed E-state index contributed by atoms with van der Waals surface area (Å²) in [6, 6.07) is 8.51. The van der Waals surface area contributed by atoms with Crippen LogP contribution in [0, 0.1) is 0 Å². The summed E-state index contributed by atoms with van der Waals surface area (Å²) in [7, 11) is 0. The molecule has 116 valence electrons. The first-order valence-corrected chi connectivity index (χ1v) is 7.68. The van der Waals surface area contributed by atoms with Gasteiger partial charge < -0.3 is 10.1 Å². The minimum atomic E-state index is -0.708. The molecule has 3 aromatic rings. The Labute approximate surface area is 140 Å². The van der Waals surface area contributed by atoms with Crippen LogP contribution in [0.25, 0.3) is 0 Å². The summed E-state index contributed by atoms with van der Waals surface area (Å²) in [6.07, 6.45) is 2.61. The molecule has 0 unspecified atom stereocenters. The van der Waals surface area contributed by atoms with Crippen molar-refractivity contribution in [3.63, 3.8) is 0 Å². The number of amides is 1. The number of hydrogen-bond donors (Lipinski definition) is 2. The Morgan fingerprint density at radius 1 is 1.26 bits per heavy atom. The molecule has 3 heterocycles. The van der Waals surface area contributed by atoms with Crippen LogP contribution < -0.4 is 15.4 Å². The van der Waals surface area contributed by atoms with Crippen molar-refractivity contribution in [2.75, 3.05) is 10.6 Å². The van der Waals surface area contributed by atoms with E-state index in [1.165, 1.54) is 11.3 Å². The van der Waals surface area contributed by atoms with Crippen molar-refractivity contribution in [1.82, 2.24) is 15.0 Å². The van der Waals surface area contributed by atoms with Gasteiger partial charge in [0, 0.05) is 6.20 Å². The van der Waals surface area contributed by atoms with Crippen molar-refractivity contribution >= 4 is 45.5 Å². The smallest absolute Gasteiger partial charge is 0.388 e. The number of anilines is 3. The van der Waals surface area contributed by atoms with Crippen molar-refractivity contribution in [2.24, 2.45) is 0 Å². The number of thiazole rings is 1. The zero-order valence-electron chi connectivity index (χ0n) is 11.6. The maximum absolute atomic E-state index is 11.9. The quantitative estimate of drug-likeness (QED) is 0.695. The van der Waals surface area contributed by atoms with Crippen LogP contribution in [0.1, 0.15) is 0 Å². The number of carbonyl (C=O) groups excluding carboxylic acids is 1. The van der Waals surface area contributed by atoms with Crippen molar-refractivity contribution < 1.29 is 9.53 Å². The highest BCUT2D eigenvalue weighted by Gasteiger charge is 2.13. The molecule has 3 rings (SSSR count). The number of carbonyl (C=O) groups is 1. The van der Waals surface area contributed by atoms with Crippen LogP contribution in [0.5, 0.6) is 5.88 Å². The second-order valence-electron chi connectivity index (χ2n) is 4.21. The second-order valence-corrected chi connectivity index (χ2v) is 5.46. The van der Waals surface area contributed by atoms with Gasteiger partial charge in [-0.15, -0.1) is 11.3 Å². The van der Waals surface area contributed by atoms with Crippen LogP contribution >= 0.6 is 22.9 Å². The van der Waals surface area contributed by atoms with Crippen LogP contribution in [-0.2, 0) is 0 Å². The first-order valence-electron chi connectivity index (χ1n) is 6.42.